The van der Waals surface area contributed by atoms with Gasteiger partial charge in [-0.05, 0) is 18.6 Å². The number of para-hydroxylation sites is 1. The lowest BCUT2D eigenvalue weighted by Crippen LogP contribution is -2.46. The lowest BCUT2D eigenvalue weighted by Gasteiger charge is -2.24. The van der Waals surface area contributed by atoms with Crippen LogP contribution in [0.4, 0.5) is 14.5 Å². The van der Waals surface area contributed by atoms with Gasteiger partial charge in [-0.3, -0.25) is 9.59 Å². The number of benzene rings is 1. The number of rotatable bonds is 3. The fourth-order valence-corrected chi connectivity index (χ4v) is 2.11. The first kappa shape index (κ1) is 13.5. The van der Waals surface area contributed by atoms with Gasteiger partial charge in [0.05, 0.1) is 17.8 Å². The minimum atomic E-state index is -2.65. The van der Waals surface area contributed by atoms with Crippen molar-refractivity contribution in [1.29, 1.82) is 0 Å². The molecule has 0 aromatic heterocycles. The number of amides is 2. The molecule has 102 valence electrons. The number of anilines is 1. The first-order valence-corrected chi connectivity index (χ1v) is 6.04. The minimum absolute atomic E-state index is 0.237. The minimum Gasteiger partial charge on any atom is -0.340 e. The summed E-state index contributed by atoms with van der Waals surface area (Å²) in [6.07, 6.45) is -2.29. The Kier molecular flexibility index (Phi) is 3.78. The van der Waals surface area contributed by atoms with Gasteiger partial charge in [0.15, 0.2) is 0 Å². The lowest BCUT2D eigenvalue weighted by molar-refractivity contribution is -0.120. The summed E-state index contributed by atoms with van der Waals surface area (Å²) in [6, 6.07) is 5.51. The number of nitrogens with zero attached hydrogens (tertiary/aromatic N) is 1. The molecule has 1 aromatic carbocycles. The van der Waals surface area contributed by atoms with E-state index in [0.717, 1.165) is 4.90 Å². The first-order chi connectivity index (χ1) is 9.04. The molecular formula is C13H14F2N2O2. The van der Waals surface area contributed by atoms with Gasteiger partial charge in [0.1, 0.15) is 6.04 Å². The molecule has 0 spiro atoms. The molecule has 1 aliphatic heterocycles. The number of halogens is 2. The second-order valence-corrected chi connectivity index (χ2v) is 4.29. The van der Waals surface area contributed by atoms with Crippen molar-refractivity contribution in [3.63, 3.8) is 0 Å². The zero-order chi connectivity index (χ0) is 14.0. The van der Waals surface area contributed by atoms with E-state index in [9.17, 15) is 18.4 Å². The van der Waals surface area contributed by atoms with Gasteiger partial charge in [-0.25, -0.2) is 8.78 Å². The van der Waals surface area contributed by atoms with Crippen molar-refractivity contribution in [2.24, 2.45) is 0 Å². The van der Waals surface area contributed by atoms with Gasteiger partial charge < -0.3 is 10.2 Å². The van der Waals surface area contributed by atoms with E-state index in [0.29, 0.717) is 6.42 Å². The maximum atomic E-state index is 12.6. The second-order valence-electron chi connectivity index (χ2n) is 4.29. The molecule has 19 heavy (non-hydrogen) atoms. The maximum Gasteiger partial charge on any atom is 0.256 e. The molecule has 0 aliphatic carbocycles. The van der Waals surface area contributed by atoms with Crippen LogP contribution in [0.25, 0.3) is 0 Å². The van der Waals surface area contributed by atoms with Crippen LogP contribution in [-0.2, 0) is 4.79 Å². The number of carbonyl (C=O) groups excluding carboxylic acids is 2. The molecule has 4 nitrogen and oxygen atoms in total. The third kappa shape index (κ3) is 2.57. The fraction of sp³-hybridized carbons (Fsp3) is 0.385. The van der Waals surface area contributed by atoms with Crippen LogP contribution < -0.4 is 10.2 Å². The van der Waals surface area contributed by atoms with Crippen molar-refractivity contribution in [3.8, 4) is 0 Å². The van der Waals surface area contributed by atoms with Crippen LogP contribution >= 0.6 is 0 Å². The lowest BCUT2D eigenvalue weighted by atomic mass is 10.1. The second kappa shape index (κ2) is 5.34. The number of nitrogens with one attached hydrogen (secondary N) is 1. The quantitative estimate of drug-likeness (QED) is 0.908. The fourth-order valence-electron chi connectivity index (χ4n) is 2.11. The average molecular weight is 268 g/mol. The molecule has 2 rings (SSSR count). The molecule has 0 saturated carbocycles. The van der Waals surface area contributed by atoms with Gasteiger partial charge in [-0.1, -0.05) is 19.1 Å². The van der Waals surface area contributed by atoms with E-state index in [2.05, 4.69) is 5.32 Å². The number of carbonyl (C=O) groups is 2. The van der Waals surface area contributed by atoms with Crippen molar-refractivity contribution in [1.82, 2.24) is 5.32 Å². The van der Waals surface area contributed by atoms with E-state index in [1.807, 2.05) is 0 Å². The monoisotopic (exact) mass is 268 g/mol. The van der Waals surface area contributed by atoms with Crippen molar-refractivity contribution < 1.29 is 18.4 Å². The Morgan fingerprint density at radius 3 is 2.63 bits per heavy atom. The van der Waals surface area contributed by atoms with E-state index < -0.39 is 30.8 Å². The van der Waals surface area contributed by atoms with Gasteiger partial charge in [0.2, 0.25) is 5.91 Å². The molecule has 1 aromatic rings. The van der Waals surface area contributed by atoms with Crippen LogP contribution in [-0.4, -0.2) is 30.8 Å². The van der Waals surface area contributed by atoms with Gasteiger partial charge >= 0.3 is 0 Å². The molecule has 2 amide bonds. The van der Waals surface area contributed by atoms with Crippen molar-refractivity contribution in [2.45, 2.75) is 25.8 Å². The highest BCUT2D eigenvalue weighted by Gasteiger charge is 2.33. The van der Waals surface area contributed by atoms with Crippen LogP contribution in [0.1, 0.15) is 23.7 Å². The summed E-state index contributed by atoms with van der Waals surface area (Å²) < 4.78 is 25.3. The Morgan fingerprint density at radius 1 is 1.32 bits per heavy atom. The summed E-state index contributed by atoms with van der Waals surface area (Å²) in [5, 5.41) is 2.56. The summed E-state index contributed by atoms with van der Waals surface area (Å²) in [5.41, 5.74) is 0.480. The molecule has 0 bridgehead atoms. The molecule has 0 saturated heterocycles. The molecule has 1 unspecified atom stereocenters. The summed E-state index contributed by atoms with van der Waals surface area (Å²) >= 11 is 0. The average Bonchev–Trinajstić information content (AvgIpc) is 2.49. The van der Waals surface area contributed by atoms with Gasteiger partial charge in [-0.2, -0.15) is 0 Å². The van der Waals surface area contributed by atoms with Gasteiger partial charge in [-0.15, -0.1) is 0 Å². The predicted molar refractivity (Wildman–Crippen MR) is 66.3 cm³/mol. The largest absolute Gasteiger partial charge is 0.340 e. The van der Waals surface area contributed by atoms with E-state index >= 15 is 0 Å². The van der Waals surface area contributed by atoms with E-state index in [-0.39, 0.29) is 11.3 Å². The highest BCUT2D eigenvalue weighted by molar-refractivity contribution is 6.10. The van der Waals surface area contributed by atoms with Crippen molar-refractivity contribution in [2.75, 3.05) is 11.4 Å². The first-order valence-electron chi connectivity index (χ1n) is 6.04. The maximum absolute atomic E-state index is 12.6. The SMILES string of the molecule is CCC1NC(=O)c2ccccc2N(CC(F)F)C1=O. The standard InChI is InChI=1S/C13H14F2N2O2/c1-2-9-13(19)17(7-11(14)15)10-6-4-3-5-8(10)12(18)16-9/h3-6,9,11H,2,7H2,1H3,(H,16,18). The summed E-state index contributed by atoms with van der Waals surface area (Å²) in [5.74, 6) is -0.909. The Morgan fingerprint density at radius 2 is 2.00 bits per heavy atom. The predicted octanol–water partition coefficient (Wildman–Crippen LogP) is 1.81. The third-order valence-electron chi connectivity index (χ3n) is 3.04. The zero-order valence-corrected chi connectivity index (χ0v) is 10.4. The Labute approximate surface area is 109 Å². The van der Waals surface area contributed by atoms with E-state index in [1.165, 1.54) is 12.1 Å². The van der Waals surface area contributed by atoms with Crippen molar-refractivity contribution >= 4 is 17.5 Å². The number of alkyl halides is 2. The van der Waals surface area contributed by atoms with Crippen LogP contribution in [0.15, 0.2) is 24.3 Å². The van der Waals surface area contributed by atoms with Gasteiger partial charge in [0, 0.05) is 0 Å². The highest BCUT2D eigenvalue weighted by atomic mass is 19.3. The molecular weight excluding hydrogens is 254 g/mol. The Bertz CT molecular complexity index is 505. The van der Waals surface area contributed by atoms with Crippen molar-refractivity contribution in [3.05, 3.63) is 29.8 Å². The molecule has 1 heterocycles. The smallest absolute Gasteiger partial charge is 0.256 e. The number of hydrogen-bond acceptors (Lipinski definition) is 2. The number of fused-ring (bicyclic) bond motifs is 1. The summed E-state index contributed by atoms with van der Waals surface area (Å²) in [6.45, 7) is 1.01. The zero-order valence-electron chi connectivity index (χ0n) is 10.4. The summed E-state index contributed by atoms with van der Waals surface area (Å²) in [7, 11) is 0. The summed E-state index contributed by atoms with van der Waals surface area (Å²) in [4.78, 5) is 25.2. The van der Waals surface area contributed by atoms with E-state index in [1.54, 1.807) is 19.1 Å². The molecule has 6 heteroatoms. The molecule has 0 radical (unpaired) electrons. The molecule has 1 N–H and O–H groups in total. The van der Waals surface area contributed by atoms with Gasteiger partial charge in [0.25, 0.3) is 12.3 Å². The van der Waals surface area contributed by atoms with E-state index in [4.69, 9.17) is 0 Å². The van der Waals surface area contributed by atoms with Crippen LogP contribution in [0.5, 0.6) is 0 Å². The Hall–Kier alpha value is -1.98. The molecule has 1 atom stereocenters. The normalized spacial score (nSPS) is 19.2. The highest BCUT2D eigenvalue weighted by Crippen LogP contribution is 2.25. The third-order valence-corrected chi connectivity index (χ3v) is 3.04. The molecule has 1 aliphatic rings. The molecule has 0 fully saturated rings. The number of hydrogen-bond donors (Lipinski definition) is 1. The Balaban J connectivity index is 2.49. The van der Waals surface area contributed by atoms with Crippen LogP contribution in [0.3, 0.4) is 0 Å². The topological polar surface area (TPSA) is 49.4 Å². The van der Waals surface area contributed by atoms with Crippen LogP contribution in [0.2, 0.25) is 0 Å². The van der Waals surface area contributed by atoms with Crippen LogP contribution in [0, 0.1) is 0 Å².